The second-order valence-corrected chi connectivity index (χ2v) is 3.74. The van der Waals surface area contributed by atoms with Gasteiger partial charge in [0, 0.05) is 12.7 Å². The highest BCUT2D eigenvalue weighted by Crippen LogP contribution is 2.11. The van der Waals surface area contributed by atoms with E-state index < -0.39 is 0 Å². The summed E-state index contributed by atoms with van der Waals surface area (Å²) in [5.74, 6) is 0. The summed E-state index contributed by atoms with van der Waals surface area (Å²) in [6.45, 7) is 4.66. The van der Waals surface area contributed by atoms with Gasteiger partial charge >= 0.3 is 0 Å². The summed E-state index contributed by atoms with van der Waals surface area (Å²) in [6, 6.07) is 2.05. The molecule has 0 aliphatic carbocycles. The van der Waals surface area contributed by atoms with Gasteiger partial charge in [0.1, 0.15) is 0 Å². The lowest BCUT2D eigenvalue weighted by atomic mass is 10.3. The van der Waals surface area contributed by atoms with Crippen molar-refractivity contribution in [3.8, 4) is 0 Å². The fourth-order valence-electron chi connectivity index (χ4n) is 1.49. The third-order valence-electron chi connectivity index (χ3n) is 2.62. The molecule has 0 saturated heterocycles. The van der Waals surface area contributed by atoms with E-state index in [-0.39, 0.29) is 0 Å². The molecule has 0 saturated carbocycles. The molecule has 2 rings (SSSR count). The quantitative estimate of drug-likeness (QED) is 0.791. The average molecular weight is 205 g/mol. The third-order valence-corrected chi connectivity index (χ3v) is 2.62. The summed E-state index contributed by atoms with van der Waals surface area (Å²) in [7, 11) is 1.93. The molecule has 0 atom stereocenters. The zero-order valence-electron chi connectivity index (χ0n) is 9.23. The molecule has 0 fully saturated rings. The van der Waals surface area contributed by atoms with E-state index in [0.29, 0.717) is 6.54 Å². The Morgan fingerprint density at radius 2 is 2.13 bits per heavy atom. The molecule has 0 radical (unpaired) electrons. The number of nitrogens with zero attached hydrogens (tertiary/aromatic N) is 4. The second kappa shape index (κ2) is 3.42. The molecular formula is C10H15N5. The van der Waals surface area contributed by atoms with E-state index in [1.165, 1.54) is 0 Å². The van der Waals surface area contributed by atoms with Crippen LogP contribution in [0.25, 0.3) is 0 Å². The maximum atomic E-state index is 5.72. The summed E-state index contributed by atoms with van der Waals surface area (Å²) >= 11 is 0. The first-order valence-electron chi connectivity index (χ1n) is 4.85. The molecule has 0 spiro atoms. The van der Waals surface area contributed by atoms with Crippen LogP contribution in [0, 0.1) is 13.8 Å². The topological polar surface area (TPSA) is 61.7 Å². The fraction of sp³-hybridized carbons (Fsp3) is 0.400. The average Bonchev–Trinajstić information content (AvgIpc) is 2.65. The van der Waals surface area contributed by atoms with Crippen LogP contribution in [-0.4, -0.2) is 19.6 Å². The van der Waals surface area contributed by atoms with Crippen LogP contribution in [0.5, 0.6) is 0 Å². The van der Waals surface area contributed by atoms with Gasteiger partial charge < -0.3 is 5.73 Å². The zero-order valence-corrected chi connectivity index (χ0v) is 9.23. The highest BCUT2D eigenvalue weighted by Gasteiger charge is 2.06. The van der Waals surface area contributed by atoms with Gasteiger partial charge in [0.15, 0.2) is 0 Å². The monoisotopic (exact) mass is 205 g/mol. The Morgan fingerprint density at radius 3 is 2.60 bits per heavy atom. The van der Waals surface area contributed by atoms with Gasteiger partial charge in [-0.3, -0.25) is 9.36 Å². The number of hydrogen-bond acceptors (Lipinski definition) is 3. The lowest BCUT2D eigenvalue weighted by Gasteiger charge is -2.01. The van der Waals surface area contributed by atoms with Gasteiger partial charge in [0.05, 0.1) is 29.8 Å². The molecule has 0 aromatic carbocycles. The minimum Gasteiger partial charge on any atom is -0.396 e. The molecular weight excluding hydrogens is 190 g/mol. The van der Waals surface area contributed by atoms with Gasteiger partial charge in [-0.05, 0) is 19.9 Å². The molecule has 2 aromatic rings. The van der Waals surface area contributed by atoms with Gasteiger partial charge in [-0.2, -0.15) is 10.2 Å². The van der Waals surface area contributed by atoms with E-state index in [4.69, 9.17) is 5.73 Å². The Bertz CT molecular complexity index is 460. The summed E-state index contributed by atoms with van der Waals surface area (Å²) < 4.78 is 3.72. The summed E-state index contributed by atoms with van der Waals surface area (Å²) in [6.07, 6.45) is 1.67. The molecule has 0 aliphatic rings. The molecule has 0 aliphatic heterocycles. The highest BCUT2D eigenvalue weighted by molar-refractivity contribution is 5.39. The first-order valence-corrected chi connectivity index (χ1v) is 4.85. The van der Waals surface area contributed by atoms with Gasteiger partial charge in [0.25, 0.3) is 0 Å². The van der Waals surface area contributed by atoms with E-state index in [0.717, 1.165) is 22.8 Å². The number of aryl methyl sites for hydroxylation is 2. The van der Waals surface area contributed by atoms with E-state index >= 15 is 0 Å². The molecule has 5 heteroatoms. The molecule has 0 unspecified atom stereocenters. The summed E-state index contributed by atoms with van der Waals surface area (Å²) in [5.41, 5.74) is 9.57. The summed E-state index contributed by atoms with van der Waals surface area (Å²) in [4.78, 5) is 0. The van der Waals surface area contributed by atoms with Gasteiger partial charge in [0.2, 0.25) is 0 Å². The third kappa shape index (κ3) is 1.72. The number of rotatable bonds is 2. The predicted octanol–water partition coefficient (Wildman–Crippen LogP) is 0.864. The van der Waals surface area contributed by atoms with Crippen LogP contribution in [0.1, 0.15) is 17.1 Å². The lowest BCUT2D eigenvalue weighted by molar-refractivity contribution is 0.633. The smallest absolute Gasteiger partial charge is 0.0853 e. The highest BCUT2D eigenvalue weighted by atomic mass is 15.3. The zero-order chi connectivity index (χ0) is 11.0. The first-order chi connectivity index (χ1) is 7.08. The van der Waals surface area contributed by atoms with Crippen LogP contribution in [-0.2, 0) is 13.6 Å². The number of hydrogen-bond donors (Lipinski definition) is 1. The Morgan fingerprint density at radius 1 is 1.40 bits per heavy atom. The van der Waals surface area contributed by atoms with Crippen LogP contribution in [0.15, 0.2) is 12.3 Å². The normalized spacial score (nSPS) is 10.9. The van der Waals surface area contributed by atoms with Crippen LogP contribution in [0.2, 0.25) is 0 Å². The van der Waals surface area contributed by atoms with Crippen LogP contribution in [0.3, 0.4) is 0 Å². The number of aromatic nitrogens is 4. The Balaban J connectivity index is 2.25. The Kier molecular flexibility index (Phi) is 2.22. The van der Waals surface area contributed by atoms with E-state index in [2.05, 4.69) is 16.3 Å². The molecule has 5 nitrogen and oxygen atoms in total. The maximum Gasteiger partial charge on any atom is 0.0853 e. The molecule has 80 valence electrons. The molecule has 2 heterocycles. The number of nitrogen functional groups attached to an aromatic ring is 1. The Labute approximate surface area is 88.5 Å². The van der Waals surface area contributed by atoms with Crippen LogP contribution in [0.4, 0.5) is 5.69 Å². The standard InChI is InChI=1S/C10H15N5/c1-7-4-9(13-14(7)3)6-15-8(2)10(11)5-12-15/h4-5H,6,11H2,1-3H3. The van der Waals surface area contributed by atoms with Crippen molar-refractivity contribution in [2.45, 2.75) is 20.4 Å². The van der Waals surface area contributed by atoms with Gasteiger partial charge in [-0.1, -0.05) is 0 Å². The molecule has 2 aromatic heterocycles. The van der Waals surface area contributed by atoms with E-state index in [9.17, 15) is 0 Å². The largest absolute Gasteiger partial charge is 0.396 e. The molecule has 0 bridgehead atoms. The van der Waals surface area contributed by atoms with Crippen molar-refractivity contribution in [2.24, 2.45) is 7.05 Å². The van der Waals surface area contributed by atoms with Crippen molar-refractivity contribution in [3.63, 3.8) is 0 Å². The molecule has 15 heavy (non-hydrogen) atoms. The SMILES string of the molecule is Cc1cc(Cn2ncc(N)c2C)nn1C. The van der Waals surface area contributed by atoms with Crippen molar-refractivity contribution in [3.05, 3.63) is 29.3 Å². The van der Waals surface area contributed by atoms with Crippen molar-refractivity contribution < 1.29 is 0 Å². The molecule has 2 N–H and O–H groups in total. The van der Waals surface area contributed by atoms with Crippen LogP contribution < -0.4 is 5.73 Å². The summed E-state index contributed by atoms with van der Waals surface area (Å²) in [5, 5.41) is 8.56. The number of nitrogens with two attached hydrogens (primary N) is 1. The minimum absolute atomic E-state index is 0.671. The molecule has 0 amide bonds. The minimum atomic E-state index is 0.671. The van der Waals surface area contributed by atoms with E-state index in [1.54, 1.807) is 6.20 Å². The first kappa shape index (κ1) is 9.76. The Hall–Kier alpha value is -1.78. The van der Waals surface area contributed by atoms with Crippen molar-refractivity contribution >= 4 is 5.69 Å². The van der Waals surface area contributed by atoms with E-state index in [1.807, 2.05) is 30.3 Å². The number of anilines is 1. The van der Waals surface area contributed by atoms with Gasteiger partial charge in [-0.15, -0.1) is 0 Å². The van der Waals surface area contributed by atoms with Crippen molar-refractivity contribution in [1.29, 1.82) is 0 Å². The van der Waals surface area contributed by atoms with Crippen molar-refractivity contribution in [2.75, 3.05) is 5.73 Å². The van der Waals surface area contributed by atoms with Gasteiger partial charge in [-0.25, -0.2) is 0 Å². The van der Waals surface area contributed by atoms with Crippen molar-refractivity contribution in [1.82, 2.24) is 19.6 Å². The lowest BCUT2D eigenvalue weighted by Crippen LogP contribution is -2.05. The second-order valence-electron chi connectivity index (χ2n) is 3.74. The predicted molar refractivity (Wildman–Crippen MR) is 58.4 cm³/mol. The van der Waals surface area contributed by atoms with Crippen LogP contribution >= 0.6 is 0 Å². The maximum absolute atomic E-state index is 5.72. The fourth-order valence-corrected chi connectivity index (χ4v) is 1.49.